The van der Waals surface area contributed by atoms with Crippen LogP contribution in [0.25, 0.3) is 4.96 Å². The first-order valence-corrected chi connectivity index (χ1v) is 10.6. The number of alkyl halides is 6. The van der Waals surface area contributed by atoms with Gasteiger partial charge in [0.2, 0.25) is 0 Å². The molecule has 180 valence electrons. The summed E-state index contributed by atoms with van der Waals surface area (Å²) in [7, 11) is 0. The van der Waals surface area contributed by atoms with E-state index in [1.807, 2.05) is 0 Å². The Kier molecular flexibility index (Phi) is 6.60. The summed E-state index contributed by atoms with van der Waals surface area (Å²) in [4.78, 5) is 27.2. The van der Waals surface area contributed by atoms with Crippen LogP contribution in [0, 0.1) is 5.92 Å². The number of hydrogen-bond donors (Lipinski definition) is 1. The summed E-state index contributed by atoms with van der Waals surface area (Å²) in [6.07, 6.45) is -9.35. The Bertz CT molecular complexity index is 1240. The van der Waals surface area contributed by atoms with Gasteiger partial charge in [0.15, 0.2) is 10.7 Å². The van der Waals surface area contributed by atoms with Gasteiger partial charge in [-0.1, -0.05) is 25.2 Å². The maximum absolute atomic E-state index is 13.5. The van der Waals surface area contributed by atoms with Gasteiger partial charge in [-0.25, -0.2) is 9.38 Å². The summed E-state index contributed by atoms with van der Waals surface area (Å²) in [5.74, 6) is -1.09. The Morgan fingerprint density at radius 2 is 1.82 bits per heavy atom. The van der Waals surface area contributed by atoms with Crippen LogP contribution >= 0.6 is 11.3 Å². The van der Waals surface area contributed by atoms with Crippen molar-refractivity contribution in [2.45, 2.75) is 46.1 Å². The van der Waals surface area contributed by atoms with Crippen LogP contribution in [0.3, 0.4) is 0 Å². The summed E-state index contributed by atoms with van der Waals surface area (Å²) in [5, 5.41) is 5.79. The number of rotatable bonds is 6. The van der Waals surface area contributed by atoms with Crippen molar-refractivity contribution in [2.75, 3.05) is 6.54 Å². The Hall–Kier alpha value is -2.90. The highest BCUT2D eigenvalue weighted by molar-refractivity contribution is 7.17. The molecule has 3 aromatic rings. The van der Waals surface area contributed by atoms with E-state index in [1.54, 1.807) is 13.8 Å². The SMILES string of the molecule is CCNC(=O)c1c(C(F)(F)F)sc2nc(Cn3nc(C(F)(F)F)cc3CC(C)C)cc(=O)n12. The number of amides is 1. The molecule has 3 rings (SSSR count). The van der Waals surface area contributed by atoms with Crippen LogP contribution in [0.4, 0.5) is 26.3 Å². The summed E-state index contributed by atoms with van der Waals surface area (Å²) >= 11 is 0.105. The molecule has 3 aromatic heterocycles. The normalized spacial score (nSPS) is 12.7. The van der Waals surface area contributed by atoms with E-state index < -0.39 is 45.0 Å². The van der Waals surface area contributed by atoms with Gasteiger partial charge in [0.25, 0.3) is 11.5 Å². The van der Waals surface area contributed by atoms with Gasteiger partial charge in [0.1, 0.15) is 10.6 Å². The predicted octanol–water partition coefficient (Wildman–Crippen LogP) is 3.99. The standard InChI is InChI=1S/C19H19F6N5O2S/c1-4-26-16(32)14-15(19(23,24)25)33-17-27-10(6-13(31)30(14)17)8-29-11(5-9(2)3)7-12(28-29)18(20,21)22/h6-7,9H,4-5,8H2,1-3H3,(H,26,32). The molecule has 1 amide bonds. The quantitative estimate of drug-likeness (QED) is 0.525. The molecule has 0 unspecified atom stereocenters. The number of carbonyl (C=O) groups excluding carboxylic acids is 1. The minimum atomic E-state index is -4.92. The molecule has 0 aromatic carbocycles. The van der Waals surface area contributed by atoms with Gasteiger partial charge >= 0.3 is 12.4 Å². The van der Waals surface area contributed by atoms with E-state index in [-0.39, 0.29) is 48.2 Å². The van der Waals surface area contributed by atoms with Crippen LogP contribution < -0.4 is 10.9 Å². The smallest absolute Gasteiger partial charge is 0.351 e. The van der Waals surface area contributed by atoms with Crippen molar-refractivity contribution >= 4 is 22.2 Å². The predicted molar refractivity (Wildman–Crippen MR) is 107 cm³/mol. The minimum absolute atomic E-state index is 0.00567. The summed E-state index contributed by atoms with van der Waals surface area (Å²) in [6, 6.07) is 1.78. The molecule has 0 aliphatic carbocycles. The van der Waals surface area contributed by atoms with E-state index in [9.17, 15) is 35.9 Å². The second-order valence-corrected chi connectivity index (χ2v) is 8.59. The van der Waals surface area contributed by atoms with Crippen molar-refractivity contribution < 1.29 is 31.1 Å². The Morgan fingerprint density at radius 3 is 2.36 bits per heavy atom. The fourth-order valence-corrected chi connectivity index (χ4v) is 4.23. The molecule has 0 aliphatic heterocycles. The largest absolute Gasteiger partial charge is 0.435 e. The molecule has 33 heavy (non-hydrogen) atoms. The van der Waals surface area contributed by atoms with Crippen molar-refractivity contribution in [3.05, 3.63) is 50.1 Å². The van der Waals surface area contributed by atoms with E-state index in [4.69, 9.17) is 0 Å². The van der Waals surface area contributed by atoms with Crippen LogP contribution in [-0.4, -0.2) is 31.6 Å². The molecule has 0 aliphatic rings. The topological polar surface area (TPSA) is 81.3 Å². The fourth-order valence-electron chi connectivity index (χ4n) is 3.21. The summed E-state index contributed by atoms with van der Waals surface area (Å²) in [5.41, 5.74) is -2.81. The number of fused-ring (bicyclic) bond motifs is 1. The van der Waals surface area contributed by atoms with Crippen LogP contribution in [0.1, 0.15) is 53.2 Å². The molecule has 0 spiro atoms. The number of thiazole rings is 1. The fraction of sp³-hybridized carbons (Fsp3) is 0.474. The van der Waals surface area contributed by atoms with Gasteiger partial charge in [-0.2, -0.15) is 31.4 Å². The first kappa shape index (κ1) is 24.7. The molecule has 3 heterocycles. The number of aromatic nitrogens is 4. The van der Waals surface area contributed by atoms with E-state index in [0.717, 1.165) is 16.8 Å². The highest BCUT2D eigenvalue weighted by Gasteiger charge is 2.40. The maximum atomic E-state index is 13.5. The van der Waals surface area contributed by atoms with Crippen LogP contribution in [0.2, 0.25) is 0 Å². The number of hydrogen-bond acceptors (Lipinski definition) is 5. The number of halogens is 6. The van der Waals surface area contributed by atoms with Gasteiger partial charge in [-0.3, -0.25) is 14.3 Å². The van der Waals surface area contributed by atoms with E-state index in [0.29, 0.717) is 4.40 Å². The number of nitrogens with zero attached hydrogens (tertiary/aromatic N) is 4. The second kappa shape index (κ2) is 8.80. The molecule has 0 atom stereocenters. The molecule has 0 saturated carbocycles. The molecule has 1 N–H and O–H groups in total. The monoisotopic (exact) mass is 495 g/mol. The summed E-state index contributed by atoms with van der Waals surface area (Å²) in [6.45, 7) is 4.78. The molecular weight excluding hydrogens is 476 g/mol. The molecule has 0 bridgehead atoms. The Morgan fingerprint density at radius 1 is 1.15 bits per heavy atom. The average molecular weight is 495 g/mol. The second-order valence-electron chi connectivity index (χ2n) is 7.62. The lowest BCUT2D eigenvalue weighted by atomic mass is 10.1. The van der Waals surface area contributed by atoms with E-state index in [1.165, 1.54) is 6.92 Å². The van der Waals surface area contributed by atoms with Crippen molar-refractivity contribution in [1.29, 1.82) is 0 Å². The zero-order chi connectivity index (χ0) is 24.7. The van der Waals surface area contributed by atoms with Crippen molar-refractivity contribution in [3.63, 3.8) is 0 Å². The summed E-state index contributed by atoms with van der Waals surface area (Å²) < 4.78 is 81.6. The molecular formula is C19H19F6N5O2S. The van der Waals surface area contributed by atoms with Crippen LogP contribution in [0.15, 0.2) is 16.9 Å². The third-order valence-electron chi connectivity index (χ3n) is 4.47. The zero-order valence-electron chi connectivity index (χ0n) is 17.6. The average Bonchev–Trinajstić information content (AvgIpc) is 3.23. The third kappa shape index (κ3) is 5.20. The Labute approximate surface area is 187 Å². The molecule has 0 radical (unpaired) electrons. The van der Waals surface area contributed by atoms with Gasteiger partial charge < -0.3 is 5.32 Å². The lowest BCUT2D eigenvalue weighted by molar-refractivity contribution is -0.141. The zero-order valence-corrected chi connectivity index (χ0v) is 18.5. The first-order valence-electron chi connectivity index (χ1n) is 9.77. The van der Waals surface area contributed by atoms with Gasteiger partial charge in [0, 0.05) is 18.3 Å². The molecule has 0 saturated heterocycles. The van der Waals surface area contributed by atoms with Crippen molar-refractivity contribution in [2.24, 2.45) is 5.92 Å². The lowest BCUT2D eigenvalue weighted by Gasteiger charge is -2.09. The van der Waals surface area contributed by atoms with Crippen LogP contribution in [-0.2, 0) is 25.3 Å². The lowest BCUT2D eigenvalue weighted by Crippen LogP contribution is -2.30. The Balaban J connectivity index is 2.13. The molecule has 14 heteroatoms. The van der Waals surface area contributed by atoms with E-state index in [2.05, 4.69) is 15.4 Å². The first-order chi connectivity index (χ1) is 15.2. The molecule has 0 fully saturated rings. The third-order valence-corrected chi connectivity index (χ3v) is 5.55. The van der Waals surface area contributed by atoms with E-state index >= 15 is 0 Å². The van der Waals surface area contributed by atoms with Crippen LogP contribution in [0.5, 0.6) is 0 Å². The maximum Gasteiger partial charge on any atom is 0.435 e. The number of carbonyl (C=O) groups is 1. The highest BCUT2D eigenvalue weighted by Crippen LogP contribution is 2.37. The highest BCUT2D eigenvalue weighted by atomic mass is 32.1. The minimum Gasteiger partial charge on any atom is -0.351 e. The van der Waals surface area contributed by atoms with Crippen molar-refractivity contribution in [3.8, 4) is 0 Å². The van der Waals surface area contributed by atoms with Gasteiger partial charge in [-0.15, -0.1) is 0 Å². The van der Waals surface area contributed by atoms with Crippen molar-refractivity contribution in [1.82, 2.24) is 24.5 Å². The molecule has 7 nitrogen and oxygen atoms in total. The van der Waals surface area contributed by atoms with Gasteiger partial charge in [-0.05, 0) is 25.3 Å². The van der Waals surface area contributed by atoms with Gasteiger partial charge in [0.05, 0.1) is 12.2 Å². The number of nitrogens with one attached hydrogen (secondary N) is 1.